The molecular weight excluding hydrogens is 234 g/mol. The van der Waals surface area contributed by atoms with Gasteiger partial charge >= 0.3 is 0 Å². The molecule has 6 heteroatoms. The number of aromatic nitrogens is 2. The van der Waals surface area contributed by atoms with E-state index < -0.39 is 0 Å². The summed E-state index contributed by atoms with van der Waals surface area (Å²) in [4.78, 5) is 24.8. The number of likely N-dealkylation sites (tertiary alicyclic amines) is 1. The molecule has 1 aromatic heterocycles. The molecule has 0 bridgehead atoms. The van der Waals surface area contributed by atoms with E-state index in [-0.39, 0.29) is 23.3 Å². The molecule has 0 radical (unpaired) electrons. The summed E-state index contributed by atoms with van der Waals surface area (Å²) in [6, 6.07) is 2.75. The maximum absolute atomic E-state index is 12.2. The van der Waals surface area contributed by atoms with Crippen LogP contribution in [-0.2, 0) is 4.74 Å². The van der Waals surface area contributed by atoms with E-state index in [0.717, 1.165) is 6.42 Å². The predicted molar refractivity (Wildman–Crippen MR) is 65.3 cm³/mol. The summed E-state index contributed by atoms with van der Waals surface area (Å²) in [6.45, 7) is 3.38. The lowest BCUT2D eigenvalue weighted by Gasteiger charge is -2.35. The van der Waals surface area contributed by atoms with E-state index in [1.165, 1.54) is 12.1 Å². The molecule has 0 aliphatic carbocycles. The number of carbonyl (C=O) groups is 1. The second kappa shape index (κ2) is 5.30. The number of amides is 1. The molecule has 2 heterocycles. The van der Waals surface area contributed by atoms with Crippen LogP contribution in [0.2, 0.25) is 0 Å². The van der Waals surface area contributed by atoms with Gasteiger partial charge in [-0.1, -0.05) is 6.92 Å². The molecule has 2 rings (SSSR count). The van der Waals surface area contributed by atoms with E-state index in [9.17, 15) is 9.59 Å². The van der Waals surface area contributed by atoms with Gasteiger partial charge in [0.05, 0.1) is 6.10 Å². The van der Waals surface area contributed by atoms with Gasteiger partial charge in [0, 0.05) is 26.3 Å². The first-order chi connectivity index (χ1) is 8.61. The normalized spacial score (nSPS) is 24.0. The molecule has 2 atom stereocenters. The highest BCUT2D eigenvalue weighted by molar-refractivity contribution is 5.92. The number of H-pyrrole nitrogens is 1. The Labute approximate surface area is 105 Å². The van der Waals surface area contributed by atoms with Gasteiger partial charge in [-0.2, -0.15) is 5.10 Å². The third kappa shape index (κ3) is 2.59. The Hall–Kier alpha value is -1.69. The molecule has 98 valence electrons. The van der Waals surface area contributed by atoms with Gasteiger partial charge in [-0.15, -0.1) is 0 Å². The average Bonchev–Trinajstić information content (AvgIpc) is 2.39. The van der Waals surface area contributed by atoms with Crippen LogP contribution in [-0.4, -0.2) is 47.3 Å². The minimum absolute atomic E-state index is 0.0606. The van der Waals surface area contributed by atoms with Crippen LogP contribution in [0.25, 0.3) is 0 Å². The zero-order chi connectivity index (χ0) is 13.1. The number of hydrogen-bond donors (Lipinski definition) is 1. The van der Waals surface area contributed by atoms with Crippen LogP contribution in [0.15, 0.2) is 16.9 Å². The first-order valence-electron chi connectivity index (χ1n) is 5.99. The Morgan fingerprint density at radius 2 is 2.33 bits per heavy atom. The second-order valence-corrected chi connectivity index (χ2v) is 4.60. The van der Waals surface area contributed by atoms with Crippen LogP contribution in [0.4, 0.5) is 0 Å². The average molecular weight is 251 g/mol. The maximum Gasteiger partial charge on any atom is 0.274 e. The largest absolute Gasteiger partial charge is 0.379 e. The summed E-state index contributed by atoms with van der Waals surface area (Å²) in [5, 5.41) is 6.02. The van der Waals surface area contributed by atoms with Crippen molar-refractivity contribution in [1.82, 2.24) is 15.1 Å². The highest BCUT2D eigenvalue weighted by atomic mass is 16.5. The standard InChI is InChI=1S/C12H17N3O3/c1-8-5-6-15(7-10(8)18-2)12(17)9-3-4-11(16)14-13-9/h3-4,8,10H,5-7H2,1-2H3,(H,14,16). The number of nitrogens with one attached hydrogen (secondary N) is 1. The van der Waals surface area contributed by atoms with Crippen molar-refractivity contribution in [3.63, 3.8) is 0 Å². The number of methoxy groups -OCH3 is 1. The predicted octanol–water partition coefficient (Wildman–Crippen LogP) is 0.267. The topological polar surface area (TPSA) is 75.3 Å². The molecule has 1 amide bonds. The van der Waals surface area contributed by atoms with Crippen LogP contribution in [0.5, 0.6) is 0 Å². The Balaban J connectivity index is 2.10. The first kappa shape index (κ1) is 12.8. The van der Waals surface area contributed by atoms with Crippen molar-refractivity contribution in [2.24, 2.45) is 5.92 Å². The van der Waals surface area contributed by atoms with Crippen molar-refractivity contribution in [2.45, 2.75) is 19.4 Å². The molecule has 1 aliphatic heterocycles. The fourth-order valence-corrected chi connectivity index (χ4v) is 2.15. The van der Waals surface area contributed by atoms with Crippen molar-refractivity contribution >= 4 is 5.91 Å². The van der Waals surface area contributed by atoms with Crippen molar-refractivity contribution in [1.29, 1.82) is 0 Å². The number of aromatic amines is 1. The summed E-state index contributed by atoms with van der Waals surface area (Å²) in [5.41, 5.74) is -0.0485. The van der Waals surface area contributed by atoms with Crippen LogP contribution < -0.4 is 5.56 Å². The van der Waals surface area contributed by atoms with E-state index in [2.05, 4.69) is 17.1 Å². The summed E-state index contributed by atoms with van der Waals surface area (Å²) in [7, 11) is 1.66. The minimum atomic E-state index is -0.311. The van der Waals surface area contributed by atoms with Gasteiger partial charge in [0.25, 0.3) is 11.5 Å². The van der Waals surface area contributed by atoms with Gasteiger partial charge in [-0.25, -0.2) is 5.10 Å². The first-order valence-corrected chi connectivity index (χ1v) is 5.99. The minimum Gasteiger partial charge on any atom is -0.379 e. The van der Waals surface area contributed by atoms with Crippen molar-refractivity contribution in [3.05, 3.63) is 28.2 Å². The van der Waals surface area contributed by atoms with Crippen molar-refractivity contribution in [3.8, 4) is 0 Å². The van der Waals surface area contributed by atoms with Gasteiger partial charge in [-0.3, -0.25) is 9.59 Å². The van der Waals surface area contributed by atoms with E-state index in [1.807, 2.05) is 0 Å². The smallest absolute Gasteiger partial charge is 0.274 e. The Bertz CT molecular complexity index is 465. The Morgan fingerprint density at radius 1 is 1.56 bits per heavy atom. The van der Waals surface area contributed by atoms with Crippen molar-refractivity contribution in [2.75, 3.05) is 20.2 Å². The zero-order valence-electron chi connectivity index (χ0n) is 10.5. The number of carbonyl (C=O) groups excluding carboxylic acids is 1. The lowest BCUT2D eigenvalue weighted by atomic mass is 9.95. The molecule has 0 saturated carbocycles. The molecule has 2 unspecified atom stereocenters. The molecule has 6 nitrogen and oxygen atoms in total. The quantitative estimate of drug-likeness (QED) is 0.818. The molecule has 1 saturated heterocycles. The summed E-state index contributed by atoms with van der Waals surface area (Å²) in [5.74, 6) is 0.280. The van der Waals surface area contributed by atoms with E-state index in [1.54, 1.807) is 12.0 Å². The highest BCUT2D eigenvalue weighted by Gasteiger charge is 2.29. The third-order valence-electron chi connectivity index (χ3n) is 3.38. The zero-order valence-corrected chi connectivity index (χ0v) is 10.5. The summed E-state index contributed by atoms with van der Waals surface area (Å²) < 4.78 is 5.37. The monoisotopic (exact) mass is 251 g/mol. The fraction of sp³-hybridized carbons (Fsp3) is 0.583. The molecule has 0 aromatic carbocycles. The number of ether oxygens (including phenoxy) is 1. The molecule has 1 aromatic rings. The number of piperidine rings is 1. The maximum atomic E-state index is 12.2. The molecule has 0 spiro atoms. The fourth-order valence-electron chi connectivity index (χ4n) is 2.15. The van der Waals surface area contributed by atoms with Crippen LogP contribution in [0.1, 0.15) is 23.8 Å². The van der Waals surface area contributed by atoms with Crippen molar-refractivity contribution < 1.29 is 9.53 Å². The highest BCUT2D eigenvalue weighted by Crippen LogP contribution is 2.20. The Kier molecular flexibility index (Phi) is 3.76. The van der Waals surface area contributed by atoms with E-state index >= 15 is 0 Å². The molecule has 1 aliphatic rings. The Morgan fingerprint density at radius 3 is 2.94 bits per heavy atom. The summed E-state index contributed by atoms with van der Waals surface area (Å²) in [6.07, 6.45) is 0.971. The number of hydrogen-bond acceptors (Lipinski definition) is 4. The summed E-state index contributed by atoms with van der Waals surface area (Å²) >= 11 is 0. The molecule has 1 fully saturated rings. The van der Waals surface area contributed by atoms with Gasteiger partial charge in [0.2, 0.25) is 0 Å². The molecule has 1 N–H and O–H groups in total. The third-order valence-corrected chi connectivity index (χ3v) is 3.38. The van der Waals surface area contributed by atoms with Gasteiger partial charge in [0.15, 0.2) is 0 Å². The van der Waals surface area contributed by atoms with Gasteiger partial charge < -0.3 is 9.64 Å². The lowest BCUT2D eigenvalue weighted by Crippen LogP contribution is -2.46. The molecule has 18 heavy (non-hydrogen) atoms. The number of rotatable bonds is 2. The molecular formula is C12H17N3O3. The lowest BCUT2D eigenvalue weighted by molar-refractivity contribution is -0.00181. The van der Waals surface area contributed by atoms with Crippen LogP contribution in [0, 0.1) is 5.92 Å². The number of nitrogens with zero attached hydrogens (tertiary/aromatic N) is 2. The SMILES string of the molecule is COC1CN(C(=O)c2ccc(=O)[nH]n2)CCC1C. The van der Waals surface area contributed by atoms with Gasteiger partial charge in [0.1, 0.15) is 5.69 Å². The second-order valence-electron chi connectivity index (χ2n) is 4.60. The van der Waals surface area contributed by atoms with E-state index in [0.29, 0.717) is 19.0 Å². The van der Waals surface area contributed by atoms with Crippen LogP contribution in [0.3, 0.4) is 0 Å². The van der Waals surface area contributed by atoms with Gasteiger partial charge in [-0.05, 0) is 18.4 Å². The van der Waals surface area contributed by atoms with Crippen LogP contribution >= 0.6 is 0 Å². The van der Waals surface area contributed by atoms with E-state index in [4.69, 9.17) is 4.74 Å².